The number of urea groups is 1. The van der Waals surface area contributed by atoms with E-state index >= 15 is 0 Å². The smallest absolute Gasteiger partial charge is 0.307 e. The van der Waals surface area contributed by atoms with Crippen LogP contribution in [0.5, 0.6) is 0 Å². The predicted octanol–water partition coefficient (Wildman–Crippen LogP) is 4.50. The van der Waals surface area contributed by atoms with E-state index in [4.69, 9.17) is 0 Å². The molecule has 0 saturated carbocycles. The number of rotatable bonds is 2. The maximum Gasteiger partial charge on any atom is 0.326 e. The van der Waals surface area contributed by atoms with Crippen LogP contribution in [-0.2, 0) is 4.79 Å². The van der Waals surface area contributed by atoms with Crippen molar-refractivity contribution in [1.29, 1.82) is 0 Å². The minimum atomic E-state index is -0.455. The number of carbonyl (C=O) groups excluding carboxylic acids is 2. The fraction of sp³-hybridized carbons (Fsp3) is 0.200. The van der Waals surface area contributed by atoms with E-state index in [1.165, 1.54) is 29.3 Å². The number of hydrogen-bond donors (Lipinski definition) is 1. The Morgan fingerprint density at radius 3 is 2.56 bits per heavy atom. The lowest BCUT2D eigenvalue weighted by molar-refractivity contribution is -0.116. The molecule has 128 valence electrons. The number of carbonyl (C=O) groups is 2. The topological polar surface area (TPSA) is 49.4 Å². The summed E-state index contributed by atoms with van der Waals surface area (Å²) in [6.45, 7) is 3.91. The fourth-order valence-corrected chi connectivity index (χ4v) is 2.93. The van der Waals surface area contributed by atoms with Gasteiger partial charge in [-0.1, -0.05) is 29.8 Å². The molecule has 2 amide bonds. The van der Waals surface area contributed by atoms with E-state index in [1.54, 1.807) is 12.1 Å². The van der Waals surface area contributed by atoms with Gasteiger partial charge in [0.15, 0.2) is 5.78 Å². The van der Waals surface area contributed by atoms with Crippen LogP contribution in [0, 0.1) is 19.7 Å². The first-order chi connectivity index (χ1) is 11.9. The molecule has 1 heterocycles. The summed E-state index contributed by atoms with van der Waals surface area (Å²) in [7, 11) is 0. The van der Waals surface area contributed by atoms with Crippen molar-refractivity contribution in [3.8, 4) is 0 Å². The van der Waals surface area contributed by atoms with Crippen molar-refractivity contribution in [3.63, 3.8) is 0 Å². The summed E-state index contributed by atoms with van der Waals surface area (Å²) in [5, 5.41) is 2.88. The Morgan fingerprint density at radius 1 is 1.16 bits per heavy atom. The molecule has 3 rings (SSSR count). The largest absolute Gasteiger partial charge is 0.326 e. The van der Waals surface area contributed by atoms with Gasteiger partial charge in [0.1, 0.15) is 5.82 Å². The summed E-state index contributed by atoms with van der Waals surface area (Å²) in [5.41, 5.74) is 3.51. The lowest BCUT2D eigenvalue weighted by atomic mass is 9.97. The van der Waals surface area contributed by atoms with E-state index in [0.29, 0.717) is 0 Å². The van der Waals surface area contributed by atoms with E-state index < -0.39 is 6.04 Å². The number of anilines is 1. The number of allylic oxidation sites excluding steroid dienone is 1. The van der Waals surface area contributed by atoms with Gasteiger partial charge in [0.05, 0.1) is 6.04 Å². The van der Waals surface area contributed by atoms with Crippen LogP contribution < -0.4 is 5.32 Å². The zero-order valence-corrected chi connectivity index (χ0v) is 14.1. The van der Waals surface area contributed by atoms with Crippen molar-refractivity contribution < 1.29 is 14.0 Å². The molecule has 0 aromatic heterocycles. The zero-order valence-electron chi connectivity index (χ0n) is 14.1. The Hall–Kier alpha value is -2.95. The highest BCUT2D eigenvalue weighted by Crippen LogP contribution is 2.29. The number of amides is 2. The first-order valence-corrected chi connectivity index (χ1v) is 8.07. The predicted molar refractivity (Wildman–Crippen MR) is 94.7 cm³/mol. The molecular formula is C20H19FN2O2. The van der Waals surface area contributed by atoms with Crippen LogP contribution in [0.3, 0.4) is 0 Å². The van der Waals surface area contributed by atoms with Crippen LogP contribution in [0.4, 0.5) is 14.9 Å². The highest BCUT2D eigenvalue weighted by molar-refractivity contribution is 5.96. The van der Waals surface area contributed by atoms with Crippen molar-refractivity contribution in [2.45, 2.75) is 26.3 Å². The maximum absolute atomic E-state index is 13.2. The minimum Gasteiger partial charge on any atom is -0.307 e. The molecule has 0 saturated heterocycles. The Bertz CT molecular complexity index is 843. The normalized spacial score (nSPS) is 16.8. The molecule has 25 heavy (non-hydrogen) atoms. The molecule has 1 atom stereocenters. The van der Waals surface area contributed by atoms with Gasteiger partial charge in [0.2, 0.25) is 0 Å². The lowest BCUT2D eigenvalue weighted by Gasteiger charge is -2.31. The molecule has 1 aliphatic heterocycles. The molecule has 2 aromatic rings. The molecule has 0 unspecified atom stereocenters. The number of ketones is 1. The fourth-order valence-electron chi connectivity index (χ4n) is 2.93. The molecule has 2 aromatic carbocycles. The Balaban J connectivity index is 1.86. The molecule has 1 aliphatic rings. The number of benzene rings is 2. The van der Waals surface area contributed by atoms with Gasteiger partial charge < -0.3 is 5.32 Å². The second kappa shape index (κ2) is 6.89. The van der Waals surface area contributed by atoms with Crippen LogP contribution >= 0.6 is 0 Å². The van der Waals surface area contributed by atoms with Crippen LogP contribution in [-0.4, -0.2) is 16.7 Å². The number of nitrogens with zero attached hydrogens (tertiary/aromatic N) is 1. The Kier molecular flexibility index (Phi) is 4.65. The third-order valence-corrected chi connectivity index (χ3v) is 4.26. The summed E-state index contributed by atoms with van der Waals surface area (Å²) in [6.07, 6.45) is 3.04. The van der Waals surface area contributed by atoms with E-state index in [-0.39, 0.29) is 24.1 Å². The van der Waals surface area contributed by atoms with Gasteiger partial charge in [-0.15, -0.1) is 0 Å². The molecule has 0 spiro atoms. The third kappa shape index (κ3) is 3.76. The van der Waals surface area contributed by atoms with Crippen LogP contribution in [0.1, 0.15) is 29.2 Å². The summed E-state index contributed by atoms with van der Waals surface area (Å²) in [6, 6.07) is 10.9. The third-order valence-electron chi connectivity index (χ3n) is 4.26. The van der Waals surface area contributed by atoms with Crippen molar-refractivity contribution in [3.05, 3.63) is 77.2 Å². The van der Waals surface area contributed by atoms with Crippen molar-refractivity contribution in [2.24, 2.45) is 0 Å². The molecular weight excluding hydrogens is 319 g/mol. The molecule has 5 heteroatoms. The second-order valence-corrected chi connectivity index (χ2v) is 6.21. The van der Waals surface area contributed by atoms with Crippen molar-refractivity contribution >= 4 is 17.5 Å². The average Bonchev–Trinajstić information content (AvgIpc) is 2.58. The van der Waals surface area contributed by atoms with E-state index in [1.807, 2.05) is 32.0 Å². The number of aryl methyl sites for hydroxylation is 2. The monoisotopic (exact) mass is 338 g/mol. The van der Waals surface area contributed by atoms with Crippen molar-refractivity contribution in [2.75, 3.05) is 5.32 Å². The van der Waals surface area contributed by atoms with E-state index in [9.17, 15) is 14.0 Å². The molecule has 0 fully saturated rings. The summed E-state index contributed by atoms with van der Waals surface area (Å²) >= 11 is 0. The molecule has 0 aliphatic carbocycles. The van der Waals surface area contributed by atoms with Gasteiger partial charge in [-0.05, 0) is 49.2 Å². The van der Waals surface area contributed by atoms with Gasteiger partial charge in [-0.2, -0.15) is 0 Å². The second-order valence-electron chi connectivity index (χ2n) is 6.21. The van der Waals surface area contributed by atoms with Gasteiger partial charge in [-0.25, -0.2) is 9.18 Å². The van der Waals surface area contributed by atoms with Gasteiger partial charge in [-0.3, -0.25) is 9.69 Å². The average molecular weight is 338 g/mol. The van der Waals surface area contributed by atoms with Gasteiger partial charge in [0, 0.05) is 18.3 Å². The summed E-state index contributed by atoms with van der Waals surface area (Å²) < 4.78 is 13.2. The Morgan fingerprint density at radius 2 is 1.88 bits per heavy atom. The van der Waals surface area contributed by atoms with E-state index in [0.717, 1.165) is 22.4 Å². The SMILES string of the molecule is Cc1ccc(NC(=O)N2C=CC(=O)C[C@H]2c2ccc(F)cc2)c(C)c1. The van der Waals surface area contributed by atoms with Crippen LogP contribution in [0.15, 0.2) is 54.7 Å². The standard InChI is InChI=1S/C20H19FN2O2/c1-13-3-8-18(14(2)11-13)22-20(25)23-10-9-17(24)12-19(23)15-4-6-16(21)7-5-15/h3-11,19H,12H2,1-2H3,(H,22,25)/t19-/m0/s1. The zero-order chi connectivity index (χ0) is 18.0. The quantitative estimate of drug-likeness (QED) is 0.876. The summed E-state index contributed by atoms with van der Waals surface area (Å²) in [5.74, 6) is -0.419. The number of nitrogens with one attached hydrogen (secondary N) is 1. The molecule has 1 N–H and O–H groups in total. The first-order valence-electron chi connectivity index (χ1n) is 8.07. The van der Waals surface area contributed by atoms with Gasteiger partial charge in [0.25, 0.3) is 0 Å². The number of hydrogen-bond acceptors (Lipinski definition) is 2. The Labute approximate surface area is 146 Å². The highest BCUT2D eigenvalue weighted by Gasteiger charge is 2.29. The molecule has 0 radical (unpaired) electrons. The highest BCUT2D eigenvalue weighted by atomic mass is 19.1. The lowest BCUT2D eigenvalue weighted by Crippen LogP contribution is -2.37. The van der Waals surface area contributed by atoms with Crippen LogP contribution in [0.25, 0.3) is 0 Å². The molecule has 0 bridgehead atoms. The first kappa shape index (κ1) is 16.9. The summed E-state index contributed by atoms with van der Waals surface area (Å²) in [4.78, 5) is 26.0. The van der Waals surface area contributed by atoms with E-state index in [2.05, 4.69) is 5.32 Å². The van der Waals surface area contributed by atoms with Crippen LogP contribution in [0.2, 0.25) is 0 Å². The van der Waals surface area contributed by atoms with Crippen molar-refractivity contribution in [1.82, 2.24) is 4.90 Å². The molecule has 4 nitrogen and oxygen atoms in total. The minimum absolute atomic E-state index is 0.0649. The maximum atomic E-state index is 13.2. The van der Waals surface area contributed by atoms with Gasteiger partial charge >= 0.3 is 6.03 Å². The number of halogens is 1.